The summed E-state index contributed by atoms with van der Waals surface area (Å²) in [5.74, 6) is 1.43. The van der Waals surface area contributed by atoms with Crippen LogP contribution in [0.15, 0.2) is 34.1 Å². The lowest BCUT2D eigenvalue weighted by Crippen LogP contribution is -2.41. The quantitative estimate of drug-likeness (QED) is 0.786. The molecule has 2 rings (SSSR count). The zero-order chi connectivity index (χ0) is 17.0. The molecule has 0 fully saturated rings. The molecule has 126 valence electrons. The number of furan rings is 1. The Morgan fingerprint density at radius 3 is 2.74 bits per heavy atom. The topological polar surface area (TPSA) is 71.5 Å². The number of rotatable bonds is 7. The van der Waals surface area contributed by atoms with Crippen molar-refractivity contribution in [3.05, 3.63) is 36.0 Å². The first-order valence-corrected chi connectivity index (χ1v) is 8.55. The number of nitrogens with zero attached hydrogens (tertiary/aromatic N) is 3. The molecule has 2 aromatic rings. The van der Waals surface area contributed by atoms with Crippen LogP contribution in [0.25, 0.3) is 0 Å². The van der Waals surface area contributed by atoms with Crippen molar-refractivity contribution in [2.75, 3.05) is 6.54 Å². The fourth-order valence-electron chi connectivity index (χ4n) is 2.15. The van der Waals surface area contributed by atoms with E-state index in [0.717, 1.165) is 10.9 Å². The van der Waals surface area contributed by atoms with Crippen molar-refractivity contribution >= 4 is 17.7 Å². The Kier molecular flexibility index (Phi) is 5.90. The van der Waals surface area contributed by atoms with Gasteiger partial charge in [-0.25, -0.2) is 4.98 Å². The maximum absolute atomic E-state index is 12.5. The van der Waals surface area contributed by atoms with Gasteiger partial charge in [-0.3, -0.25) is 4.79 Å². The first-order chi connectivity index (χ1) is 10.9. The Balaban J connectivity index is 2.02. The molecule has 0 saturated heterocycles. The second-order valence-corrected chi connectivity index (χ2v) is 6.72. The number of aliphatic hydroxyl groups excluding tert-OH is 1. The standard InChI is InChI=1S/C16H23N3O3S/c1-11(2)19(9-12(3)20)15(21)14-6-5-13(22-14)10-23-16-17-7-8-18(16)4/h5-8,11-12,20H,9-10H2,1-4H3. The Bertz CT molecular complexity index is 649. The predicted molar refractivity (Wildman–Crippen MR) is 89.3 cm³/mol. The van der Waals surface area contributed by atoms with Gasteiger partial charge in [0.2, 0.25) is 0 Å². The summed E-state index contributed by atoms with van der Waals surface area (Å²) in [5.41, 5.74) is 0. The first-order valence-electron chi connectivity index (χ1n) is 7.56. The highest BCUT2D eigenvalue weighted by Gasteiger charge is 2.23. The van der Waals surface area contributed by atoms with E-state index >= 15 is 0 Å². The normalized spacial score (nSPS) is 12.6. The smallest absolute Gasteiger partial charge is 0.289 e. The molecule has 0 spiro atoms. The van der Waals surface area contributed by atoms with E-state index in [-0.39, 0.29) is 18.5 Å². The molecular formula is C16H23N3O3S. The van der Waals surface area contributed by atoms with E-state index < -0.39 is 6.10 Å². The molecule has 0 aliphatic rings. The number of amides is 1. The Hall–Kier alpha value is -1.73. The van der Waals surface area contributed by atoms with Crippen molar-refractivity contribution in [1.82, 2.24) is 14.5 Å². The summed E-state index contributed by atoms with van der Waals surface area (Å²) in [6.07, 6.45) is 3.06. The number of hydrogen-bond acceptors (Lipinski definition) is 5. The minimum absolute atomic E-state index is 0.00686. The lowest BCUT2D eigenvalue weighted by Gasteiger charge is -2.27. The second-order valence-electron chi connectivity index (χ2n) is 5.78. The highest BCUT2D eigenvalue weighted by molar-refractivity contribution is 7.98. The number of imidazole rings is 1. The van der Waals surface area contributed by atoms with Crippen LogP contribution in [0.2, 0.25) is 0 Å². The number of aromatic nitrogens is 2. The molecule has 2 heterocycles. The van der Waals surface area contributed by atoms with Crippen LogP contribution in [-0.4, -0.2) is 44.2 Å². The highest BCUT2D eigenvalue weighted by atomic mass is 32.2. The van der Waals surface area contributed by atoms with Gasteiger partial charge in [0.1, 0.15) is 5.76 Å². The molecule has 1 unspecified atom stereocenters. The third-order valence-corrected chi connectivity index (χ3v) is 4.42. The molecule has 0 bridgehead atoms. The number of carbonyl (C=O) groups is 1. The summed E-state index contributed by atoms with van der Waals surface area (Å²) in [4.78, 5) is 18.4. The van der Waals surface area contributed by atoms with Gasteiger partial charge in [-0.15, -0.1) is 0 Å². The Morgan fingerprint density at radius 1 is 1.43 bits per heavy atom. The minimum Gasteiger partial charge on any atom is -0.455 e. The van der Waals surface area contributed by atoms with Crippen LogP contribution in [0.1, 0.15) is 37.1 Å². The van der Waals surface area contributed by atoms with E-state index in [9.17, 15) is 9.90 Å². The predicted octanol–water partition coefficient (Wildman–Crippen LogP) is 2.54. The largest absolute Gasteiger partial charge is 0.455 e. The van der Waals surface area contributed by atoms with Crippen molar-refractivity contribution in [3.8, 4) is 0 Å². The molecule has 23 heavy (non-hydrogen) atoms. The van der Waals surface area contributed by atoms with E-state index in [4.69, 9.17) is 4.42 Å². The summed E-state index contributed by atoms with van der Waals surface area (Å²) in [6.45, 7) is 5.79. The molecule has 1 atom stereocenters. The van der Waals surface area contributed by atoms with E-state index in [1.807, 2.05) is 37.7 Å². The van der Waals surface area contributed by atoms with Crippen LogP contribution in [0.4, 0.5) is 0 Å². The van der Waals surface area contributed by atoms with Crippen molar-refractivity contribution in [1.29, 1.82) is 0 Å². The van der Waals surface area contributed by atoms with Gasteiger partial charge in [-0.05, 0) is 32.9 Å². The van der Waals surface area contributed by atoms with Crippen LogP contribution in [0.3, 0.4) is 0 Å². The lowest BCUT2D eigenvalue weighted by atomic mass is 10.2. The van der Waals surface area contributed by atoms with Crippen molar-refractivity contribution in [3.63, 3.8) is 0 Å². The third-order valence-electron chi connectivity index (χ3n) is 3.34. The molecule has 0 aliphatic heterocycles. The van der Waals surface area contributed by atoms with Gasteiger partial charge < -0.3 is 19.0 Å². The molecule has 1 N–H and O–H groups in total. The molecule has 0 saturated carbocycles. The molecule has 7 heteroatoms. The second kappa shape index (κ2) is 7.70. The van der Waals surface area contributed by atoms with Crippen molar-refractivity contribution in [2.45, 2.75) is 43.8 Å². The fourth-order valence-corrected chi connectivity index (χ4v) is 2.98. The molecule has 2 aromatic heterocycles. The van der Waals surface area contributed by atoms with Crippen LogP contribution in [-0.2, 0) is 12.8 Å². The molecule has 6 nitrogen and oxygen atoms in total. The maximum Gasteiger partial charge on any atom is 0.289 e. The summed E-state index contributed by atoms with van der Waals surface area (Å²) < 4.78 is 7.60. The lowest BCUT2D eigenvalue weighted by molar-refractivity contribution is 0.0547. The SMILES string of the molecule is CC(O)CN(C(=O)c1ccc(CSc2nccn2C)o1)C(C)C. The number of carbonyl (C=O) groups excluding carboxylic acids is 1. The summed E-state index contributed by atoms with van der Waals surface area (Å²) in [7, 11) is 1.93. The molecule has 0 radical (unpaired) electrons. The van der Waals surface area contributed by atoms with E-state index in [1.165, 1.54) is 0 Å². The summed E-state index contributed by atoms with van der Waals surface area (Å²) in [5, 5.41) is 10.4. The zero-order valence-corrected chi connectivity index (χ0v) is 14.7. The Labute approximate surface area is 140 Å². The average molecular weight is 337 g/mol. The summed E-state index contributed by atoms with van der Waals surface area (Å²) >= 11 is 1.55. The van der Waals surface area contributed by atoms with E-state index in [1.54, 1.807) is 35.8 Å². The van der Waals surface area contributed by atoms with Gasteiger partial charge in [-0.2, -0.15) is 0 Å². The van der Waals surface area contributed by atoms with Gasteiger partial charge in [0.05, 0.1) is 11.9 Å². The third kappa shape index (κ3) is 4.62. The van der Waals surface area contributed by atoms with Crippen LogP contribution in [0, 0.1) is 0 Å². The molecular weight excluding hydrogens is 314 g/mol. The maximum atomic E-state index is 12.5. The van der Waals surface area contributed by atoms with Crippen molar-refractivity contribution < 1.29 is 14.3 Å². The molecule has 1 amide bonds. The summed E-state index contributed by atoms with van der Waals surface area (Å²) in [6, 6.07) is 3.49. The van der Waals surface area contributed by atoms with E-state index in [2.05, 4.69) is 4.98 Å². The highest BCUT2D eigenvalue weighted by Crippen LogP contribution is 2.22. The van der Waals surface area contributed by atoms with Crippen molar-refractivity contribution in [2.24, 2.45) is 7.05 Å². The van der Waals surface area contributed by atoms with Gasteiger partial charge in [0.25, 0.3) is 5.91 Å². The number of aryl methyl sites for hydroxylation is 1. The van der Waals surface area contributed by atoms with Gasteiger partial charge in [0.15, 0.2) is 10.9 Å². The zero-order valence-electron chi connectivity index (χ0n) is 13.9. The van der Waals surface area contributed by atoms with Crippen LogP contribution in [0.5, 0.6) is 0 Å². The average Bonchev–Trinajstić information content (AvgIpc) is 3.10. The van der Waals surface area contributed by atoms with Gasteiger partial charge >= 0.3 is 0 Å². The molecule has 0 aliphatic carbocycles. The number of hydrogen-bond donors (Lipinski definition) is 1. The van der Waals surface area contributed by atoms with Gasteiger partial charge in [0, 0.05) is 32.0 Å². The first kappa shape index (κ1) is 17.6. The van der Waals surface area contributed by atoms with E-state index in [0.29, 0.717) is 11.5 Å². The number of aliphatic hydroxyl groups is 1. The minimum atomic E-state index is -0.574. The van der Waals surface area contributed by atoms with Crippen LogP contribution < -0.4 is 0 Å². The Morgan fingerprint density at radius 2 is 2.17 bits per heavy atom. The molecule has 0 aromatic carbocycles. The van der Waals surface area contributed by atoms with Gasteiger partial charge in [-0.1, -0.05) is 11.8 Å². The fraction of sp³-hybridized carbons (Fsp3) is 0.500. The van der Waals surface area contributed by atoms with Crippen LogP contribution >= 0.6 is 11.8 Å². The monoisotopic (exact) mass is 337 g/mol. The number of thioether (sulfide) groups is 1.